The van der Waals surface area contributed by atoms with Crippen molar-refractivity contribution in [3.8, 4) is 5.88 Å². The van der Waals surface area contributed by atoms with Gasteiger partial charge in [0.1, 0.15) is 0 Å². The molecule has 1 aliphatic heterocycles. The number of rotatable bonds is 8. The molecule has 2 aromatic carbocycles. The molecule has 1 atom stereocenters. The Bertz CT molecular complexity index is 910. The normalized spacial score (nSPS) is 17.4. The molecule has 0 spiro atoms. The highest BCUT2D eigenvalue weighted by atomic mass is 35.5. The van der Waals surface area contributed by atoms with Crippen LogP contribution < -0.4 is 4.74 Å². The fourth-order valence-electron chi connectivity index (χ4n) is 3.92. The molecule has 1 aliphatic rings. The summed E-state index contributed by atoms with van der Waals surface area (Å²) < 4.78 is 8.03. The highest BCUT2D eigenvalue weighted by molar-refractivity contribution is 6.30. The van der Waals surface area contributed by atoms with Crippen LogP contribution in [0.4, 0.5) is 0 Å². The van der Waals surface area contributed by atoms with E-state index in [0.717, 1.165) is 47.4 Å². The second-order valence-corrected chi connectivity index (χ2v) is 7.76. The molecule has 148 valence electrons. The number of hydrogen-bond acceptors (Lipinski definition) is 4. The van der Waals surface area contributed by atoms with E-state index in [2.05, 4.69) is 17.0 Å². The van der Waals surface area contributed by atoms with Crippen LogP contribution in [0.3, 0.4) is 0 Å². The third kappa shape index (κ3) is 4.32. The predicted octanol–water partition coefficient (Wildman–Crippen LogP) is 3.96. The molecule has 28 heavy (non-hydrogen) atoms. The average Bonchev–Trinajstić information content (AvgIpc) is 3.32. The zero-order chi connectivity index (χ0) is 19.3. The molecule has 0 aliphatic carbocycles. The summed E-state index contributed by atoms with van der Waals surface area (Å²) in [5.41, 5.74) is 2.21. The summed E-state index contributed by atoms with van der Waals surface area (Å²) in [7, 11) is 0. The van der Waals surface area contributed by atoms with Crippen molar-refractivity contribution in [1.82, 2.24) is 14.7 Å². The van der Waals surface area contributed by atoms with Crippen LogP contribution in [0.5, 0.6) is 5.88 Å². The van der Waals surface area contributed by atoms with Crippen molar-refractivity contribution in [2.45, 2.75) is 31.8 Å². The van der Waals surface area contributed by atoms with Gasteiger partial charge in [-0.1, -0.05) is 35.9 Å². The minimum absolute atomic E-state index is 0.251. The van der Waals surface area contributed by atoms with Crippen molar-refractivity contribution >= 4 is 22.5 Å². The number of likely N-dealkylation sites (tertiary alicyclic amines) is 1. The molecule has 4 rings (SSSR count). The van der Waals surface area contributed by atoms with Gasteiger partial charge in [0.25, 0.3) is 0 Å². The number of benzene rings is 2. The summed E-state index contributed by atoms with van der Waals surface area (Å²) >= 11 is 5.99. The lowest BCUT2D eigenvalue weighted by atomic mass is 10.2. The third-order valence-electron chi connectivity index (χ3n) is 5.41. The van der Waals surface area contributed by atoms with Gasteiger partial charge >= 0.3 is 0 Å². The van der Waals surface area contributed by atoms with E-state index in [9.17, 15) is 5.11 Å². The van der Waals surface area contributed by atoms with E-state index in [1.165, 1.54) is 6.42 Å². The van der Waals surface area contributed by atoms with E-state index < -0.39 is 0 Å². The molecule has 5 nitrogen and oxygen atoms in total. The smallest absolute Gasteiger partial charge is 0.240 e. The van der Waals surface area contributed by atoms with Gasteiger partial charge in [0.2, 0.25) is 5.88 Å². The van der Waals surface area contributed by atoms with Crippen LogP contribution in [0.2, 0.25) is 5.02 Å². The molecule has 1 saturated heterocycles. The van der Waals surface area contributed by atoms with Gasteiger partial charge in [-0.3, -0.25) is 9.58 Å². The van der Waals surface area contributed by atoms with Crippen LogP contribution in [-0.2, 0) is 6.54 Å². The first kappa shape index (κ1) is 19.2. The van der Waals surface area contributed by atoms with Gasteiger partial charge in [-0.2, -0.15) is 0 Å². The zero-order valence-electron chi connectivity index (χ0n) is 15.9. The van der Waals surface area contributed by atoms with E-state index in [4.69, 9.17) is 21.4 Å². The number of aliphatic hydroxyl groups is 1. The van der Waals surface area contributed by atoms with Crippen LogP contribution in [0, 0.1) is 0 Å². The second-order valence-electron chi connectivity index (χ2n) is 7.32. The Morgan fingerprint density at radius 1 is 1.14 bits per heavy atom. The molecular weight excluding hydrogens is 374 g/mol. The molecule has 6 heteroatoms. The quantitative estimate of drug-likeness (QED) is 0.582. The number of aliphatic hydroxyl groups excluding tert-OH is 1. The lowest BCUT2D eigenvalue weighted by Crippen LogP contribution is -2.33. The largest absolute Gasteiger partial charge is 0.476 e. The predicted molar refractivity (Wildman–Crippen MR) is 112 cm³/mol. The Kier molecular flexibility index (Phi) is 6.15. The highest BCUT2D eigenvalue weighted by Crippen LogP contribution is 2.26. The molecule has 1 aromatic heterocycles. The van der Waals surface area contributed by atoms with Crippen molar-refractivity contribution in [3.63, 3.8) is 0 Å². The number of aromatic nitrogens is 2. The number of hydrogen-bond donors (Lipinski definition) is 1. The van der Waals surface area contributed by atoms with E-state index in [1.54, 1.807) is 0 Å². The topological polar surface area (TPSA) is 50.5 Å². The Hall–Kier alpha value is -2.08. The minimum atomic E-state index is 0.251. The molecule has 2 heterocycles. The van der Waals surface area contributed by atoms with Gasteiger partial charge in [-0.05, 0) is 55.6 Å². The van der Waals surface area contributed by atoms with Crippen molar-refractivity contribution in [2.75, 3.05) is 26.3 Å². The number of ether oxygens (including phenoxy) is 1. The molecule has 0 unspecified atom stereocenters. The first-order valence-electron chi connectivity index (χ1n) is 9.92. The lowest BCUT2D eigenvalue weighted by Gasteiger charge is -2.22. The standard InChI is InChI=1S/C22H26ClN3O2/c23-18-10-8-17(9-11-18)15-26-21-7-2-1-6-20(21)22(24-26)28-14-4-13-25-12-3-5-19(25)16-27/h1-2,6-11,19,27H,3-5,12-16H2/t19-/m1/s1. The molecular formula is C22H26ClN3O2. The van der Waals surface area contributed by atoms with Gasteiger partial charge in [-0.25, -0.2) is 0 Å². The number of fused-ring (bicyclic) bond motifs is 1. The van der Waals surface area contributed by atoms with Crippen molar-refractivity contribution in [2.24, 2.45) is 0 Å². The van der Waals surface area contributed by atoms with Crippen LogP contribution in [0.15, 0.2) is 48.5 Å². The molecule has 1 N–H and O–H groups in total. The van der Waals surface area contributed by atoms with E-state index in [1.807, 2.05) is 41.1 Å². The highest BCUT2D eigenvalue weighted by Gasteiger charge is 2.22. The first-order valence-corrected chi connectivity index (χ1v) is 10.3. The molecule has 0 radical (unpaired) electrons. The summed E-state index contributed by atoms with van der Waals surface area (Å²) in [5, 5.41) is 15.9. The number of nitrogens with zero attached hydrogens (tertiary/aromatic N) is 3. The molecule has 1 fully saturated rings. The third-order valence-corrected chi connectivity index (χ3v) is 5.66. The lowest BCUT2D eigenvalue weighted by molar-refractivity contribution is 0.150. The fourth-order valence-corrected chi connectivity index (χ4v) is 4.05. The Labute approximate surface area is 170 Å². The Balaban J connectivity index is 1.42. The van der Waals surface area contributed by atoms with E-state index >= 15 is 0 Å². The van der Waals surface area contributed by atoms with Crippen LogP contribution >= 0.6 is 11.6 Å². The van der Waals surface area contributed by atoms with Crippen molar-refractivity contribution in [3.05, 3.63) is 59.1 Å². The molecule has 0 saturated carbocycles. The maximum Gasteiger partial charge on any atom is 0.240 e. The number of para-hydroxylation sites is 1. The van der Waals surface area contributed by atoms with Gasteiger partial charge in [0.15, 0.2) is 0 Å². The van der Waals surface area contributed by atoms with Crippen LogP contribution in [0.1, 0.15) is 24.8 Å². The van der Waals surface area contributed by atoms with Gasteiger partial charge < -0.3 is 9.84 Å². The van der Waals surface area contributed by atoms with Crippen LogP contribution in [-0.4, -0.2) is 52.1 Å². The summed E-state index contributed by atoms with van der Waals surface area (Å²) in [4.78, 5) is 2.36. The van der Waals surface area contributed by atoms with Crippen molar-refractivity contribution in [1.29, 1.82) is 0 Å². The average molecular weight is 400 g/mol. The summed E-state index contributed by atoms with van der Waals surface area (Å²) in [5.74, 6) is 0.685. The maximum absolute atomic E-state index is 9.44. The molecule has 3 aromatic rings. The summed E-state index contributed by atoms with van der Waals surface area (Å²) in [6.45, 7) is 3.57. The Morgan fingerprint density at radius 3 is 2.79 bits per heavy atom. The zero-order valence-corrected chi connectivity index (χ0v) is 16.7. The Morgan fingerprint density at radius 2 is 1.96 bits per heavy atom. The first-order chi connectivity index (χ1) is 13.7. The monoisotopic (exact) mass is 399 g/mol. The van der Waals surface area contributed by atoms with E-state index in [0.29, 0.717) is 25.1 Å². The maximum atomic E-state index is 9.44. The van der Waals surface area contributed by atoms with Crippen LogP contribution in [0.25, 0.3) is 10.9 Å². The molecule has 0 amide bonds. The fraction of sp³-hybridized carbons (Fsp3) is 0.409. The summed E-state index contributed by atoms with van der Waals surface area (Å²) in [6, 6.07) is 16.3. The van der Waals surface area contributed by atoms with E-state index in [-0.39, 0.29) is 6.61 Å². The molecule has 0 bridgehead atoms. The van der Waals surface area contributed by atoms with Gasteiger partial charge in [0.05, 0.1) is 30.7 Å². The second kappa shape index (κ2) is 8.95. The van der Waals surface area contributed by atoms with Gasteiger partial charge in [0, 0.05) is 17.6 Å². The SMILES string of the molecule is OC[C@H]1CCCN1CCCOc1nn(Cc2ccc(Cl)cc2)c2ccccc12. The van der Waals surface area contributed by atoms with Gasteiger partial charge in [-0.15, -0.1) is 5.10 Å². The van der Waals surface area contributed by atoms with Crippen molar-refractivity contribution < 1.29 is 9.84 Å². The number of halogens is 1. The summed E-state index contributed by atoms with van der Waals surface area (Å²) in [6.07, 6.45) is 3.19. The minimum Gasteiger partial charge on any atom is -0.476 e.